The second-order valence-corrected chi connectivity index (χ2v) is 4.59. The smallest absolute Gasteiger partial charge is 0.336 e. The lowest BCUT2D eigenvalue weighted by Gasteiger charge is -2.29. The number of thiophene rings is 1. The molecule has 0 radical (unpaired) electrons. The highest BCUT2D eigenvalue weighted by atomic mass is 32.1. The van der Waals surface area contributed by atoms with E-state index in [1.54, 1.807) is 11.4 Å². The van der Waals surface area contributed by atoms with Crippen LogP contribution in [-0.4, -0.2) is 16.2 Å². The van der Waals surface area contributed by atoms with E-state index in [2.05, 4.69) is 0 Å². The molecule has 0 amide bonds. The van der Waals surface area contributed by atoms with Crippen molar-refractivity contribution in [1.29, 1.82) is 0 Å². The molecule has 3 nitrogen and oxygen atoms in total. The molecule has 0 saturated heterocycles. The van der Waals surface area contributed by atoms with Crippen LogP contribution >= 0.6 is 11.3 Å². The standard InChI is InChI=1S/C10H12O3S/c11-8(6-2-1-3-6)9-7(10(12)13)4-5-14-9/h4-6,8,11H,1-3H2,(H,12,13). The zero-order valence-corrected chi connectivity index (χ0v) is 8.46. The fraction of sp³-hybridized carbons (Fsp3) is 0.500. The van der Waals surface area contributed by atoms with E-state index in [4.69, 9.17) is 5.11 Å². The summed E-state index contributed by atoms with van der Waals surface area (Å²) >= 11 is 1.33. The van der Waals surface area contributed by atoms with E-state index in [0.29, 0.717) is 4.88 Å². The topological polar surface area (TPSA) is 57.5 Å². The number of aliphatic hydroxyl groups is 1. The number of aliphatic hydroxyl groups excluding tert-OH is 1. The van der Waals surface area contributed by atoms with Crippen LogP contribution in [0.4, 0.5) is 0 Å². The number of aromatic carboxylic acids is 1. The maximum Gasteiger partial charge on any atom is 0.336 e. The fourth-order valence-electron chi connectivity index (χ4n) is 1.70. The van der Waals surface area contributed by atoms with Gasteiger partial charge in [0.05, 0.1) is 11.7 Å². The monoisotopic (exact) mass is 212 g/mol. The van der Waals surface area contributed by atoms with Gasteiger partial charge in [0.15, 0.2) is 0 Å². The van der Waals surface area contributed by atoms with Gasteiger partial charge in [-0.2, -0.15) is 0 Å². The van der Waals surface area contributed by atoms with Crippen molar-refractivity contribution in [2.24, 2.45) is 5.92 Å². The quantitative estimate of drug-likeness (QED) is 0.808. The van der Waals surface area contributed by atoms with Gasteiger partial charge in [0.1, 0.15) is 0 Å². The van der Waals surface area contributed by atoms with Crippen molar-refractivity contribution in [3.8, 4) is 0 Å². The molecule has 4 heteroatoms. The van der Waals surface area contributed by atoms with Crippen LogP contribution in [-0.2, 0) is 0 Å². The molecule has 76 valence electrons. The van der Waals surface area contributed by atoms with E-state index in [1.165, 1.54) is 11.3 Å². The molecule has 1 atom stereocenters. The third-order valence-electron chi connectivity index (χ3n) is 2.79. The summed E-state index contributed by atoms with van der Waals surface area (Å²) in [4.78, 5) is 11.4. The van der Waals surface area contributed by atoms with Crippen LogP contribution in [0.5, 0.6) is 0 Å². The predicted molar refractivity (Wildman–Crippen MR) is 53.6 cm³/mol. The Morgan fingerprint density at radius 2 is 2.29 bits per heavy atom. The van der Waals surface area contributed by atoms with Gasteiger partial charge in [-0.15, -0.1) is 11.3 Å². The van der Waals surface area contributed by atoms with Gasteiger partial charge in [0.2, 0.25) is 0 Å². The minimum absolute atomic E-state index is 0.259. The highest BCUT2D eigenvalue weighted by Gasteiger charge is 2.30. The summed E-state index contributed by atoms with van der Waals surface area (Å²) < 4.78 is 0. The van der Waals surface area contributed by atoms with Gasteiger partial charge < -0.3 is 10.2 Å². The molecule has 1 aromatic heterocycles. The normalized spacial score (nSPS) is 18.9. The van der Waals surface area contributed by atoms with Crippen molar-refractivity contribution in [3.63, 3.8) is 0 Å². The molecule has 1 aliphatic carbocycles. The van der Waals surface area contributed by atoms with Crippen LogP contribution in [0.3, 0.4) is 0 Å². The van der Waals surface area contributed by atoms with E-state index >= 15 is 0 Å². The Morgan fingerprint density at radius 1 is 1.57 bits per heavy atom. The first-order chi connectivity index (χ1) is 6.70. The Hall–Kier alpha value is -0.870. The van der Waals surface area contributed by atoms with E-state index < -0.39 is 12.1 Å². The zero-order valence-electron chi connectivity index (χ0n) is 7.64. The van der Waals surface area contributed by atoms with E-state index in [1.807, 2.05) is 0 Å². The summed E-state index contributed by atoms with van der Waals surface area (Å²) in [5.74, 6) is -0.675. The lowest BCUT2D eigenvalue weighted by Crippen LogP contribution is -2.20. The number of hydrogen-bond acceptors (Lipinski definition) is 3. The van der Waals surface area contributed by atoms with Crippen LogP contribution in [0.2, 0.25) is 0 Å². The van der Waals surface area contributed by atoms with Crippen molar-refractivity contribution in [2.75, 3.05) is 0 Å². The van der Waals surface area contributed by atoms with E-state index in [-0.39, 0.29) is 11.5 Å². The van der Waals surface area contributed by atoms with Crippen molar-refractivity contribution in [1.82, 2.24) is 0 Å². The number of hydrogen-bond donors (Lipinski definition) is 2. The Bertz CT molecular complexity index is 341. The largest absolute Gasteiger partial charge is 0.478 e. The lowest BCUT2D eigenvalue weighted by atomic mass is 9.80. The summed E-state index contributed by atoms with van der Waals surface area (Å²) in [7, 11) is 0. The van der Waals surface area contributed by atoms with Gasteiger partial charge in [0, 0.05) is 4.88 Å². The molecule has 14 heavy (non-hydrogen) atoms. The average molecular weight is 212 g/mol. The van der Waals surface area contributed by atoms with Crippen LogP contribution in [0.25, 0.3) is 0 Å². The lowest BCUT2D eigenvalue weighted by molar-refractivity contribution is 0.0589. The minimum atomic E-state index is -0.945. The summed E-state index contributed by atoms with van der Waals surface area (Å²) in [6.45, 7) is 0. The predicted octanol–water partition coefficient (Wildman–Crippen LogP) is 2.28. The summed E-state index contributed by atoms with van der Waals surface area (Å²) in [5, 5.41) is 20.5. The van der Waals surface area contributed by atoms with Crippen molar-refractivity contribution < 1.29 is 15.0 Å². The van der Waals surface area contributed by atoms with Crippen molar-refractivity contribution >= 4 is 17.3 Å². The SMILES string of the molecule is O=C(O)c1ccsc1C(O)C1CCC1. The van der Waals surface area contributed by atoms with Gasteiger partial charge in [-0.1, -0.05) is 6.42 Å². The zero-order chi connectivity index (χ0) is 10.1. The second-order valence-electron chi connectivity index (χ2n) is 3.64. The molecule has 0 aromatic carbocycles. The van der Waals surface area contributed by atoms with Crippen molar-refractivity contribution in [3.05, 3.63) is 21.9 Å². The molecule has 0 spiro atoms. The number of carboxylic acid groups (broad SMARTS) is 1. The molecule has 2 rings (SSSR count). The molecule has 0 bridgehead atoms. The first-order valence-corrected chi connectivity index (χ1v) is 5.57. The molecular formula is C10H12O3S. The van der Waals surface area contributed by atoms with Crippen molar-refractivity contribution in [2.45, 2.75) is 25.4 Å². The first kappa shape index (κ1) is 9.68. The van der Waals surface area contributed by atoms with Gasteiger partial charge in [-0.3, -0.25) is 0 Å². The maximum atomic E-state index is 10.8. The summed E-state index contributed by atoms with van der Waals surface area (Å²) in [6.07, 6.45) is 2.60. The third-order valence-corrected chi connectivity index (χ3v) is 3.78. The fourth-order valence-corrected chi connectivity index (χ4v) is 2.66. The molecule has 1 saturated carbocycles. The average Bonchev–Trinajstić information content (AvgIpc) is 2.47. The minimum Gasteiger partial charge on any atom is -0.478 e. The highest BCUT2D eigenvalue weighted by Crippen LogP contribution is 2.40. The second kappa shape index (κ2) is 3.71. The Balaban J connectivity index is 2.21. The molecular weight excluding hydrogens is 200 g/mol. The molecule has 1 aliphatic rings. The number of carboxylic acids is 1. The molecule has 0 aliphatic heterocycles. The Morgan fingerprint density at radius 3 is 2.79 bits per heavy atom. The highest BCUT2D eigenvalue weighted by molar-refractivity contribution is 7.10. The summed E-state index contributed by atoms with van der Waals surface area (Å²) in [5.41, 5.74) is 0.259. The van der Waals surface area contributed by atoms with E-state index in [9.17, 15) is 9.90 Å². The van der Waals surface area contributed by atoms with Gasteiger partial charge in [0.25, 0.3) is 0 Å². The van der Waals surface area contributed by atoms with Crippen LogP contribution in [0.1, 0.15) is 40.6 Å². The Kier molecular flexibility index (Phi) is 2.56. The number of rotatable bonds is 3. The van der Waals surface area contributed by atoms with Gasteiger partial charge in [-0.05, 0) is 30.2 Å². The van der Waals surface area contributed by atoms with E-state index in [0.717, 1.165) is 19.3 Å². The Labute approximate surface area is 86.0 Å². The van der Waals surface area contributed by atoms with Crippen LogP contribution < -0.4 is 0 Å². The molecule has 1 unspecified atom stereocenters. The molecule has 1 fully saturated rings. The molecule has 1 aromatic rings. The molecule has 1 heterocycles. The third kappa shape index (κ3) is 1.55. The van der Waals surface area contributed by atoms with Gasteiger partial charge >= 0.3 is 5.97 Å². The summed E-state index contributed by atoms with van der Waals surface area (Å²) in [6, 6.07) is 1.56. The van der Waals surface area contributed by atoms with Gasteiger partial charge in [-0.25, -0.2) is 4.79 Å². The molecule has 2 N–H and O–H groups in total. The number of carbonyl (C=O) groups is 1. The maximum absolute atomic E-state index is 10.8. The van der Waals surface area contributed by atoms with Crippen LogP contribution in [0, 0.1) is 5.92 Å². The van der Waals surface area contributed by atoms with Crippen LogP contribution in [0.15, 0.2) is 11.4 Å². The first-order valence-electron chi connectivity index (χ1n) is 4.69.